The zero-order chi connectivity index (χ0) is 30.2. The molecule has 1 fully saturated rings. The second-order valence-electron chi connectivity index (χ2n) is 10.1. The summed E-state index contributed by atoms with van der Waals surface area (Å²) in [6.45, 7) is 0.574. The molecule has 0 amide bonds. The van der Waals surface area contributed by atoms with Crippen molar-refractivity contribution in [3.8, 4) is 17.0 Å². The lowest BCUT2D eigenvalue weighted by Gasteiger charge is -2.44. The topological polar surface area (TPSA) is 199 Å². The third-order valence-electron chi connectivity index (χ3n) is 7.08. The molecule has 0 saturated carbocycles. The van der Waals surface area contributed by atoms with Crippen molar-refractivity contribution in [3.05, 3.63) is 54.5 Å². The van der Waals surface area contributed by atoms with Gasteiger partial charge in [0, 0.05) is 18.7 Å². The van der Waals surface area contributed by atoms with Crippen LogP contribution in [0, 0.1) is 5.82 Å². The number of rotatable bonds is 9. The standard InChI is InChI=1S/C25H28F3N8O5P/c26-16-6-14(2-3-19(16)41-13-42(38,39)40)17-7-15(9-36-12-34-20-23(29)32-11-33-24(20)36)18(8-31-17)35-5-1-4-25(30,10-35)21(37)22(27)28/h2-3,6-8,11-12,21-22,37H,1,4-5,9-10,13,30H2,(H2,29,32,33)(H2,38,39,40)/t21-,25+/m0/s1. The fourth-order valence-corrected chi connectivity index (χ4v) is 5.31. The zero-order valence-electron chi connectivity index (χ0n) is 22.0. The molecule has 4 heterocycles. The zero-order valence-corrected chi connectivity index (χ0v) is 22.9. The first-order chi connectivity index (χ1) is 19.8. The van der Waals surface area contributed by atoms with Crippen molar-refractivity contribution < 1.29 is 37.4 Å². The molecule has 0 aliphatic carbocycles. The van der Waals surface area contributed by atoms with Crippen molar-refractivity contribution in [3.63, 3.8) is 0 Å². The van der Waals surface area contributed by atoms with Gasteiger partial charge in [-0.15, -0.1) is 0 Å². The van der Waals surface area contributed by atoms with E-state index in [0.29, 0.717) is 46.6 Å². The summed E-state index contributed by atoms with van der Waals surface area (Å²) in [6.07, 6.45) is -1.03. The lowest BCUT2D eigenvalue weighted by atomic mass is 9.84. The Morgan fingerprint density at radius 1 is 1.17 bits per heavy atom. The van der Waals surface area contributed by atoms with E-state index in [4.69, 9.17) is 26.0 Å². The van der Waals surface area contributed by atoms with Gasteiger partial charge < -0.3 is 40.6 Å². The number of halogens is 3. The van der Waals surface area contributed by atoms with Crippen LogP contribution in [0.2, 0.25) is 0 Å². The van der Waals surface area contributed by atoms with Crippen LogP contribution in [-0.2, 0) is 11.1 Å². The number of aliphatic hydroxyl groups excluding tert-OH is 1. The summed E-state index contributed by atoms with van der Waals surface area (Å²) in [4.78, 5) is 36.8. The molecule has 1 saturated heterocycles. The number of imidazole rings is 1. The molecule has 7 N–H and O–H groups in total. The predicted molar refractivity (Wildman–Crippen MR) is 146 cm³/mol. The number of anilines is 2. The van der Waals surface area contributed by atoms with Gasteiger partial charge in [-0.2, -0.15) is 0 Å². The Morgan fingerprint density at radius 2 is 1.95 bits per heavy atom. The van der Waals surface area contributed by atoms with Gasteiger partial charge in [-0.25, -0.2) is 28.1 Å². The third-order valence-corrected chi connectivity index (χ3v) is 7.54. The molecule has 5 rings (SSSR count). The Morgan fingerprint density at radius 3 is 2.67 bits per heavy atom. The van der Waals surface area contributed by atoms with Crippen molar-refractivity contribution in [2.75, 3.05) is 30.1 Å². The highest BCUT2D eigenvalue weighted by molar-refractivity contribution is 7.51. The number of nitrogen functional groups attached to an aromatic ring is 1. The summed E-state index contributed by atoms with van der Waals surface area (Å²) in [5.74, 6) is -1.01. The maximum absolute atomic E-state index is 14.8. The molecule has 2 atom stereocenters. The monoisotopic (exact) mass is 608 g/mol. The number of aromatic nitrogens is 5. The second kappa shape index (κ2) is 11.5. The summed E-state index contributed by atoms with van der Waals surface area (Å²) < 4.78 is 59.4. The Labute approximate surface area is 237 Å². The van der Waals surface area contributed by atoms with Crippen LogP contribution in [0.15, 0.2) is 43.1 Å². The predicted octanol–water partition coefficient (Wildman–Crippen LogP) is 2.10. The normalized spacial score (nSPS) is 18.5. The number of hydrogen-bond acceptors (Lipinski definition) is 10. The lowest BCUT2D eigenvalue weighted by molar-refractivity contribution is -0.0529. The molecule has 1 aromatic carbocycles. The van der Waals surface area contributed by atoms with Crippen molar-refractivity contribution in [2.45, 2.75) is 37.5 Å². The fourth-order valence-electron chi connectivity index (χ4n) is 5.00. The van der Waals surface area contributed by atoms with Crippen molar-refractivity contribution in [1.29, 1.82) is 0 Å². The minimum Gasteiger partial charge on any atom is -0.478 e. The van der Waals surface area contributed by atoms with Gasteiger partial charge in [0.2, 0.25) is 0 Å². The highest BCUT2D eigenvalue weighted by Gasteiger charge is 2.43. The molecule has 0 bridgehead atoms. The van der Waals surface area contributed by atoms with Crippen LogP contribution in [0.4, 0.5) is 24.7 Å². The van der Waals surface area contributed by atoms with E-state index in [1.54, 1.807) is 15.5 Å². The van der Waals surface area contributed by atoms with Gasteiger partial charge in [0.1, 0.15) is 17.9 Å². The van der Waals surface area contributed by atoms with Gasteiger partial charge in [0.05, 0.1) is 36.0 Å². The number of fused-ring (bicyclic) bond motifs is 1. The summed E-state index contributed by atoms with van der Waals surface area (Å²) in [6, 6.07) is 5.52. The number of ether oxygens (including phenoxy) is 1. The summed E-state index contributed by atoms with van der Waals surface area (Å²) in [5, 5.41) is 10.2. The quantitative estimate of drug-likeness (QED) is 0.174. The van der Waals surface area contributed by atoms with E-state index in [1.807, 2.05) is 0 Å². The Balaban J connectivity index is 1.53. The number of nitrogens with zero attached hydrogens (tertiary/aromatic N) is 6. The van der Waals surface area contributed by atoms with Crippen molar-refractivity contribution in [2.24, 2.45) is 5.73 Å². The summed E-state index contributed by atoms with van der Waals surface area (Å²) in [7, 11) is -4.51. The summed E-state index contributed by atoms with van der Waals surface area (Å²) >= 11 is 0. The maximum atomic E-state index is 14.8. The van der Waals surface area contributed by atoms with Crippen LogP contribution in [0.1, 0.15) is 18.4 Å². The molecule has 42 heavy (non-hydrogen) atoms. The number of aliphatic hydroxyl groups is 1. The minimum atomic E-state index is -4.51. The van der Waals surface area contributed by atoms with Gasteiger partial charge in [-0.05, 0) is 42.7 Å². The van der Waals surface area contributed by atoms with Crippen LogP contribution >= 0.6 is 7.60 Å². The average Bonchev–Trinajstić information content (AvgIpc) is 3.35. The van der Waals surface area contributed by atoms with Crippen LogP contribution in [-0.4, -0.2) is 76.9 Å². The molecule has 224 valence electrons. The first kappa shape index (κ1) is 29.7. The number of nitrogens with two attached hydrogens (primary N) is 2. The van der Waals surface area contributed by atoms with Gasteiger partial charge >= 0.3 is 7.60 Å². The highest BCUT2D eigenvalue weighted by Crippen LogP contribution is 2.37. The SMILES string of the molecule is Nc1ncnc2c1ncn2Cc1cc(-c2ccc(OCP(=O)(O)O)c(F)c2)ncc1N1CCC[C@](N)([C@@H](O)C(F)F)C1. The number of pyridine rings is 1. The highest BCUT2D eigenvalue weighted by atomic mass is 31.2. The van der Waals surface area contributed by atoms with Crippen LogP contribution < -0.4 is 21.1 Å². The minimum absolute atomic E-state index is 0.0629. The summed E-state index contributed by atoms with van der Waals surface area (Å²) in [5.41, 5.74) is 13.4. The van der Waals surface area contributed by atoms with Crippen LogP contribution in [0.3, 0.4) is 0 Å². The molecular formula is C25H28F3N8O5P. The first-order valence-electron chi connectivity index (χ1n) is 12.7. The van der Waals surface area contributed by atoms with Crippen molar-refractivity contribution >= 4 is 30.3 Å². The Bertz CT molecular complexity index is 1650. The molecule has 1 aliphatic heterocycles. The number of piperidine rings is 1. The largest absolute Gasteiger partial charge is 0.478 e. The average molecular weight is 609 g/mol. The van der Waals surface area contributed by atoms with E-state index >= 15 is 0 Å². The first-order valence-corrected chi connectivity index (χ1v) is 14.5. The molecular weight excluding hydrogens is 580 g/mol. The van der Waals surface area contributed by atoms with E-state index in [0.717, 1.165) is 6.07 Å². The van der Waals surface area contributed by atoms with E-state index in [2.05, 4.69) is 19.9 Å². The number of alkyl halides is 2. The Hall–Kier alpha value is -3.82. The molecule has 3 aromatic heterocycles. The number of benzene rings is 1. The third kappa shape index (κ3) is 6.17. The molecule has 4 aromatic rings. The smallest absolute Gasteiger partial charge is 0.362 e. The van der Waals surface area contributed by atoms with E-state index in [9.17, 15) is 22.8 Å². The van der Waals surface area contributed by atoms with Gasteiger partial charge in [0.15, 0.2) is 29.4 Å². The van der Waals surface area contributed by atoms with Gasteiger partial charge in [-0.3, -0.25) is 9.55 Å². The van der Waals surface area contributed by atoms with E-state index in [1.165, 1.54) is 31.0 Å². The van der Waals surface area contributed by atoms with Crippen LogP contribution in [0.5, 0.6) is 5.75 Å². The molecule has 0 unspecified atom stereocenters. The van der Waals surface area contributed by atoms with Crippen LogP contribution in [0.25, 0.3) is 22.4 Å². The van der Waals surface area contributed by atoms with Gasteiger partial charge in [0.25, 0.3) is 6.43 Å². The number of hydrogen-bond donors (Lipinski definition) is 5. The van der Waals surface area contributed by atoms with Gasteiger partial charge in [-0.1, -0.05) is 0 Å². The molecule has 0 spiro atoms. The molecule has 13 nitrogen and oxygen atoms in total. The Kier molecular flexibility index (Phi) is 8.09. The second-order valence-corrected chi connectivity index (χ2v) is 11.7. The molecule has 0 radical (unpaired) electrons. The van der Waals surface area contributed by atoms with E-state index in [-0.39, 0.29) is 31.1 Å². The van der Waals surface area contributed by atoms with Crippen molar-refractivity contribution in [1.82, 2.24) is 24.5 Å². The van der Waals surface area contributed by atoms with E-state index < -0.39 is 37.8 Å². The molecule has 17 heteroatoms. The molecule has 1 aliphatic rings. The fraction of sp³-hybridized carbons (Fsp3) is 0.360. The maximum Gasteiger partial charge on any atom is 0.362 e. The lowest BCUT2D eigenvalue weighted by Crippen LogP contribution is -2.63.